The van der Waals surface area contributed by atoms with Gasteiger partial charge in [-0.05, 0) is 80.4 Å². The van der Waals surface area contributed by atoms with Crippen molar-refractivity contribution in [1.82, 2.24) is 4.57 Å². The zero-order valence-corrected chi connectivity index (χ0v) is 29.7. The van der Waals surface area contributed by atoms with Gasteiger partial charge in [0.2, 0.25) is 0 Å². The van der Waals surface area contributed by atoms with E-state index < -0.39 is 18.0 Å². The van der Waals surface area contributed by atoms with Gasteiger partial charge in [0, 0.05) is 15.1 Å². The highest BCUT2D eigenvalue weighted by atomic mass is 79.9. The number of thiazole rings is 1. The number of fused-ring (bicyclic) bond motifs is 1. The maximum Gasteiger partial charge on any atom is 0.343 e. The number of halogens is 2. The maximum absolute atomic E-state index is 14.3. The van der Waals surface area contributed by atoms with Crippen molar-refractivity contribution >= 4 is 56.9 Å². The first-order valence-electron chi connectivity index (χ1n) is 15.0. The highest BCUT2D eigenvalue weighted by molar-refractivity contribution is 9.10. The highest BCUT2D eigenvalue weighted by Gasteiger charge is 2.34. The summed E-state index contributed by atoms with van der Waals surface area (Å²) < 4.78 is 30.4. The zero-order chi connectivity index (χ0) is 34.4. The number of methoxy groups -OCH3 is 1. The first-order chi connectivity index (χ1) is 23.1. The van der Waals surface area contributed by atoms with Crippen LogP contribution in [0.4, 0.5) is 0 Å². The molecule has 5 rings (SSSR count). The molecule has 1 aromatic heterocycles. The molecule has 0 saturated heterocycles. The number of allylic oxidation sites excluding steroid dienone is 1. The molecular formula is C35H32BrClN2O8S. The van der Waals surface area contributed by atoms with Gasteiger partial charge >= 0.3 is 11.9 Å². The molecule has 0 aliphatic carbocycles. The van der Waals surface area contributed by atoms with E-state index in [1.807, 2.05) is 43.3 Å². The number of carbonyl (C=O) groups excluding carboxylic acids is 2. The lowest BCUT2D eigenvalue weighted by Gasteiger charge is -2.25. The van der Waals surface area contributed by atoms with E-state index in [4.69, 9.17) is 30.5 Å². The van der Waals surface area contributed by atoms with Crippen LogP contribution in [0.2, 0.25) is 5.02 Å². The van der Waals surface area contributed by atoms with E-state index in [1.165, 1.54) is 23.0 Å². The minimum Gasteiger partial charge on any atom is -0.490 e. The third kappa shape index (κ3) is 7.83. The Kier molecular flexibility index (Phi) is 11.4. The van der Waals surface area contributed by atoms with Crippen LogP contribution in [0.1, 0.15) is 43.5 Å². The Hall–Kier alpha value is -4.39. The molecule has 1 atom stereocenters. The number of rotatable bonds is 12. The fourth-order valence-electron chi connectivity index (χ4n) is 5.08. The summed E-state index contributed by atoms with van der Waals surface area (Å²) in [5, 5.41) is 0.608. The van der Waals surface area contributed by atoms with Crippen molar-refractivity contribution in [2.24, 2.45) is 4.99 Å². The molecule has 48 heavy (non-hydrogen) atoms. The number of hydrogen-bond donors (Lipinski definition) is 0. The van der Waals surface area contributed by atoms with E-state index in [0.29, 0.717) is 55.0 Å². The summed E-state index contributed by atoms with van der Waals surface area (Å²) in [6.45, 7) is 5.62. The molecule has 4 aromatic rings. The predicted octanol–water partition coefficient (Wildman–Crippen LogP) is 5.74. The molecule has 250 valence electrons. The summed E-state index contributed by atoms with van der Waals surface area (Å²) in [7, 11) is 1.27. The van der Waals surface area contributed by atoms with Gasteiger partial charge in [0.25, 0.3) is 5.56 Å². The van der Waals surface area contributed by atoms with Crippen molar-refractivity contribution in [3.05, 3.63) is 118 Å². The Morgan fingerprint density at radius 2 is 1.79 bits per heavy atom. The quantitative estimate of drug-likeness (QED) is 0.168. The fraction of sp³-hybridized carbons (Fsp3) is 0.257. The lowest BCUT2D eigenvalue weighted by molar-refractivity contribution is -0.143. The number of nitrogens with zero attached hydrogens (tertiary/aromatic N) is 2. The molecule has 1 aliphatic rings. The molecule has 0 spiro atoms. The van der Waals surface area contributed by atoms with Crippen LogP contribution in [0.25, 0.3) is 6.08 Å². The molecule has 0 bridgehead atoms. The number of benzene rings is 3. The maximum atomic E-state index is 14.3. The molecular weight excluding hydrogens is 724 g/mol. The smallest absolute Gasteiger partial charge is 0.343 e. The van der Waals surface area contributed by atoms with Crippen LogP contribution in [0.3, 0.4) is 0 Å². The average Bonchev–Trinajstić information content (AvgIpc) is 3.36. The Labute approximate surface area is 294 Å². The number of carbonyl (C=O) groups is 2. The number of aromatic nitrogens is 1. The summed E-state index contributed by atoms with van der Waals surface area (Å²) in [5.41, 5.74) is 2.40. The zero-order valence-electron chi connectivity index (χ0n) is 26.6. The van der Waals surface area contributed by atoms with Crippen LogP contribution < -0.4 is 29.1 Å². The van der Waals surface area contributed by atoms with Gasteiger partial charge in [-0.1, -0.05) is 57.1 Å². The standard InChI is InChI=1S/C35H32BrClN2O8S/c1-5-44-28-16-22(10-12-27(28)47-19-30(40)43-4)32-31(34(42)45-6-2)20(3)38-35-39(32)33(41)29(48-35)17-23-15-24(36)11-13-26(23)46-18-21-8-7-9-25(37)14-21/h7-17,32H,5-6,18-19H2,1-4H3/b29-17+/t32-/m1/s1. The van der Waals surface area contributed by atoms with Gasteiger partial charge in [0.05, 0.1) is 42.2 Å². The van der Waals surface area contributed by atoms with E-state index in [1.54, 1.807) is 44.2 Å². The minimum atomic E-state index is -0.891. The number of hydrogen-bond acceptors (Lipinski definition) is 10. The second kappa shape index (κ2) is 15.7. The average molecular weight is 756 g/mol. The van der Waals surface area contributed by atoms with Crippen molar-refractivity contribution in [1.29, 1.82) is 0 Å². The van der Waals surface area contributed by atoms with Gasteiger partial charge in [-0.25, -0.2) is 14.6 Å². The van der Waals surface area contributed by atoms with Crippen LogP contribution in [-0.2, 0) is 25.7 Å². The van der Waals surface area contributed by atoms with E-state index in [0.717, 1.165) is 10.0 Å². The van der Waals surface area contributed by atoms with Gasteiger partial charge in [-0.15, -0.1) is 0 Å². The second-order valence-electron chi connectivity index (χ2n) is 10.4. The summed E-state index contributed by atoms with van der Waals surface area (Å²) in [6.07, 6.45) is 1.75. The normalized spacial score (nSPS) is 14.2. The molecule has 2 heterocycles. The molecule has 0 radical (unpaired) electrons. The van der Waals surface area contributed by atoms with Gasteiger partial charge in [-0.3, -0.25) is 9.36 Å². The van der Waals surface area contributed by atoms with Crippen LogP contribution >= 0.6 is 38.9 Å². The summed E-state index contributed by atoms with van der Waals surface area (Å²) in [4.78, 5) is 44.5. The van der Waals surface area contributed by atoms with E-state index in [-0.39, 0.29) is 31.0 Å². The molecule has 1 aliphatic heterocycles. The van der Waals surface area contributed by atoms with Crippen molar-refractivity contribution in [3.63, 3.8) is 0 Å². The fourth-order valence-corrected chi connectivity index (χ4v) is 6.71. The topological polar surface area (TPSA) is 115 Å². The number of esters is 2. The summed E-state index contributed by atoms with van der Waals surface area (Å²) >= 11 is 10.9. The monoisotopic (exact) mass is 754 g/mol. The largest absolute Gasteiger partial charge is 0.490 e. The first kappa shape index (κ1) is 34.9. The number of ether oxygens (including phenoxy) is 5. The van der Waals surface area contributed by atoms with E-state index in [2.05, 4.69) is 25.7 Å². The van der Waals surface area contributed by atoms with Gasteiger partial charge in [0.1, 0.15) is 12.4 Å². The third-order valence-corrected chi connectivity index (χ3v) is 8.93. The van der Waals surface area contributed by atoms with Crippen LogP contribution in [-0.4, -0.2) is 43.4 Å². The molecule has 0 fully saturated rings. The van der Waals surface area contributed by atoms with Crippen molar-refractivity contribution in [2.45, 2.75) is 33.4 Å². The van der Waals surface area contributed by atoms with Crippen molar-refractivity contribution in [2.75, 3.05) is 26.9 Å². The van der Waals surface area contributed by atoms with E-state index in [9.17, 15) is 14.4 Å². The Morgan fingerprint density at radius 1 is 1.00 bits per heavy atom. The van der Waals surface area contributed by atoms with Crippen LogP contribution in [0.5, 0.6) is 17.2 Å². The van der Waals surface area contributed by atoms with Crippen LogP contribution in [0, 0.1) is 0 Å². The molecule has 3 aromatic carbocycles. The Morgan fingerprint density at radius 3 is 2.52 bits per heavy atom. The van der Waals surface area contributed by atoms with Gasteiger partial charge < -0.3 is 23.7 Å². The molecule has 0 saturated carbocycles. The van der Waals surface area contributed by atoms with Crippen LogP contribution in [0.15, 0.2) is 86.2 Å². The van der Waals surface area contributed by atoms with Crippen molar-refractivity contribution < 1.29 is 33.3 Å². The molecule has 0 unspecified atom stereocenters. The second-order valence-corrected chi connectivity index (χ2v) is 12.8. The lowest BCUT2D eigenvalue weighted by Crippen LogP contribution is -2.40. The van der Waals surface area contributed by atoms with Crippen molar-refractivity contribution in [3.8, 4) is 17.2 Å². The SMILES string of the molecule is CCOC(=O)C1=C(C)N=c2s/c(=C/c3cc(Br)ccc3OCc3cccc(Cl)c3)c(=O)n2[C@@H]1c1ccc(OCC(=O)OC)c(OCC)c1. The van der Waals surface area contributed by atoms with E-state index >= 15 is 0 Å². The Bertz CT molecular complexity index is 2070. The first-order valence-corrected chi connectivity index (χ1v) is 16.9. The molecule has 13 heteroatoms. The van der Waals surface area contributed by atoms with Gasteiger partial charge in [0.15, 0.2) is 22.9 Å². The third-order valence-electron chi connectivity index (χ3n) is 7.22. The summed E-state index contributed by atoms with van der Waals surface area (Å²) in [6, 6.07) is 17.1. The minimum absolute atomic E-state index is 0.137. The Balaban J connectivity index is 1.62. The molecule has 10 nitrogen and oxygen atoms in total. The lowest BCUT2D eigenvalue weighted by atomic mass is 9.95. The van der Waals surface area contributed by atoms with Gasteiger partial charge in [-0.2, -0.15) is 0 Å². The summed E-state index contributed by atoms with van der Waals surface area (Å²) in [5.74, 6) is 0.0464. The predicted molar refractivity (Wildman–Crippen MR) is 185 cm³/mol. The molecule has 0 N–H and O–H groups in total. The highest BCUT2D eigenvalue weighted by Crippen LogP contribution is 2.36. The molecule has 0 amide bonds.